The molecule has 0 amide bonds. The zero-order valence-corrected chi connectivity index (χ0v) is 11.0. The Morgan fingerprint density at radius 1 is 1.53 bits per heavy atom. The smallest absolute Gasteiger partial charge is 0.208 e. The van der Waals surface area contributed by atoms with Crippen LogP contribution in [-0.2, 0) is 4.79 Å². The highest BCUT2D eigenvalue weighted by Gasteiger charge is 2.12. The molecule has 0 saturated carbocycles. The van der Waals surface area contributed by atoms with Gasteiger partial charge in [-0.1, -0.05) is 30.0 Å². The minimum atomic E-state index is 0.215. The summed E-state index contributed by atoms with van der Waals surface area (Å²) in [5, 5.41) is 9.26. The SMILES string of the molecule is CC(=O)CC(C)Sc1nnc(N(C)C)s1. The van der Waals surface area contributed by atoms with Crippen molar-refractivity contribution < 1.29 is 4.79 Å². The van der Waals surface area contributed by atoms with Gasteiger partial charge in [-0.25, -0.2) is 0 Å². The summed E-state index contributed by atoms with van der Waals surface area (Å²) in [6.07, 6.45) is 0.585. The van der Waals surface area contributed by atoms with E-state index in [9.17, 15) is 4.79 Å². The van der Waals surface area contributed by atoms with Gasteiger partial charge in [0.2, 0.25) is 5.13 Å². The normalized spacial score (nSPS) is 12.5. The molecule has 15 heavy (non-hydrogen) atoms. The van der Waals surface area contributed by atoms with Crippen molar-refractivity contribution in [3.63, 3.8) is 0 Å². The Labute approximate surface area is 98.1 Å². The molecule has 0 spiro atoms. The molecule has 1 heterocycles. The van der Waals surface area contributed by atoms with Gasteiger partial charge in [-0.05, 0) is 6.92 Å². The predicted molar refractivity (Wildman–Crippen MR) is 64.9 cm³/mol. The van der Waals surface area contributed by atoms with E-state index < -0.39 is 0 Å². The van der Waals surface area contributed by atoms with Gasteiger partial charge in [0, 0.05) is 25.8 Å². The molecule has 1 aromatic rings. The third kappa shape index (κ3) is 4.17. The highest BCUT2D eigenvalue weighted by atomic mass is 32.2. The number of anilines is 1. The minimum Gasteiger partial charge on any atom is -0.353 e. The number of carbonyl (C=O) groups is 1. The highest BCUT2D eigenvalue weighted by molar-refractivity contribution is 8.01. The van der Waals surface area contributed by atoms with E-state index in [4.69, 9.17) is 0 Å². The van der Waals surface area contributed by atoms with Crippen LogP contribution < -0.4 is 4.90 Å². The second kappa shape index (κ2) is 5.46. The number of nitrogens with zero attached hydrogens (tertiary/aromatic N) is 3. The number of hydrogen-bond donors (Lipinski definition) is 0. The molecule has 6 heteroatoms. The molecule has 0 N–H and O–H groups in total. The lowest BCUT2D eigenvalue weighted by Gasteiger charge is -2.05. The Kier molecular flexibility index (Phi) is 4.53. The van der Waals surface area contributed by atoms with Crippen LogP contribution in [0.5, 0.6) is 0 Å². The Hall–Kier alpha value is -0.620. The number of carbonyl (C=O) groups excluding carboxylic acids is 1. The summed E-state index contributed by atoms with van der Waals surface area (Å²) >= 11 is 3.16. The molecule has 0 aromatic carbocycles. The van der Waals surface area contributed by atoms with Crippen molar-refractivity contribution in [2.45, 2.75) is 29.9 Å². The van der Waals surface area contributed by atoms with Crippen LogP contribution in [0.1, 0.15) is 20.3 Å². The van der Waals surface area contributed by atoms with Crippen molar-refractivity contribution >= 4 is 34.0 Å². The van der Waals surface area contributed by atoms with Crippen molar-refractivity contribution in [1.29, 1.82) is 0 Å². The molecule has 1 rings (SSSR count). The topological polar surface area (TPSA) is 46.1 Å². The fourth-order valence-electron chi connectivity index (χ4n) is 1.05. The van der Waals surface area contributed by atoms with E-state index in [0.717, 1.165) is 9.47 Å². The van der Waals surface area contributed by atoms with Crippen LogP contribution in [0, 0.1) is 0 Å². The highest BCUT2D eigenvalue weighted by Crippen LogP contribution is 2.30. The van der Waals surface area contributed by atoms with Crippen LogP contribution >= 0.6 is 23.1 Å². The molecule has 0 aliphatic carbocycles. The summed E-state index contributed by atoms with van der Waals surface area (Å²) in [5.74, 6) is 0.215. The molecular weight excluding hydrogens is 230 g/mol. The third-order valence-corrected chi connectivity index (χ3v) is 3.93. The Bertz CT molecular complexity index is 338. The molecule has 0 fully saturated rings. The van der Waals surface area contributed by atoms with Crippen molar-refractivity contribution in [2.24, 2.45) is 0 Å². The largest absolute Gasteiger partial charge is 0.353 e. The van der Waals surface area contributed by atoms with Gasteiger partial charge in [-0.2, -0.15) is 0 Å². The number of thioether (sulfide) groups is 1. The molecule has 0 bridgehead atoms. The molecule has 1 aromatic heterocycles. The zero-order valence-electron chi connectivity index (χ0n) is 9.35. The van der Waals surface area contributed by atoms with E-state index in [-0.39, 0.29) is 11.0 Å². The molecule has 0 aliphatic heterocycles. The predicted octanol–water partition coefficient (Wildman–Crippen LogP) is 2.06. The van der Waals surface area contributed by atoms with Gasteiger partial charge < -0.3 is 4.90 Å². The van der Waals surface area contributed by atoms with Gasteiger partial charge in [0.05, 0.1) is 0 Å². The van der Waals surface area contributed by atoms with E-state index in [1.54, 1.807) is 30.0 Å². The molecule has 84 valence electrons. The quantitative estimate of drug-likeness (QED) is 0.743. The average molecular weight is 245 g/mol. The van der Waals surface area contributed by atoms with Gasteiger partial charge >= 0.3 is 0 Å². The first-order chi connectivity index (χ1) is 6.99. The van der Waals surface area contributed by atoms with E-state index in [1.165, 1.54) is 0 Å². The molecule has 4 nitrogen and oxygen atoms in total. The number of hydrogen-bond acceptors (Lipinski definition) is 6. The molecule has 0 aliphatic rings. The van der Waals surface area contributed by atoms with E-state index in [1.807, 2.05) is 25.9 Å². The summed E-state index contributed by atoms with van der Waals surface area (Å²) in [4.78, 5) is 12.8. The second-order valence-electron chi connectivity index (χ2n) is 3.58. The zero-order chi connectivity index (χ0) is 11.4. The number of aromatic nitrogens is 2. The Morgan fingerprint density at radius 2 is 2.20 bits per heavy atom. The van der Waals surface area contributed by atoms with Crippen molar-refractivity contribution in [3.8, 4) is 0 Å². The lowest BCUT2D eigenvalue weighted by atomic mass is 10.2. The molecule has 0 saturated heterocycles. The molecule has 0 radical (unpaired) electrons. The number of rotatable bonds is 5. The summed E-state index contributed by atoms with van der Waals surface area (Å²) in [7, 11) is 3.88. The maximum absolute atomic E-state index is 10.9. The molecule has 1 atom stereocenters. The lowest BCUT2D eigenvalue weighted by Crippen LogP contribution is -2.07. The summed E-state index contributed by atoms with van der Waals surface area (Å²) < 4.78 is 0.924. The first kappa shape index (κ1) is 12.4. The Morgan fingerprint density at radius 3 is 2.67 bits per heavy atom. The molecule has 1 unspecified atom stereocenters. The van der Waals surface area contributed by atoms with Crippen LogP contribution in [0.25, 0.3) is 0 Å². The van der Waals surface area contributed by atoms with Gasteiger partial charge in [0.25, 0.3) is 0 Å². The van der Waals surface area contributed by atoms with Crippen LogP contribution in [0.3, 0.4) is 0 Å². The maximum Gasteiger partial charge on any atom is 0.208 e. The van der Waals surface area contributed by atoms with E-state index >= 15 is 0 Å². The first-order valence-electron chi connectivity index (χ1n) is 4.66. The lowest BCUT2D eigenvalue weighted by molar-refractivity contribution is -0.116. The molecular formula is C9H15N3OS2. The number of Topliss-reactive ketones (excluding diaryl/α,β-unsaturated/α-hetero) is 1. The van der Waals surface area contributed by atoms with Crippen molar-refractivity contribution in [2.75, 3.05) is 19.0 Å². The fraction of sp³-hybridized carbons (Fsp3) is 0.667. The van der Waals surface area contributed by atoms with Crippen molar-refractivity contribution in [3.05, 3.63) is 0 Å². The summed E-state index contributed by atoms with van der Waals surface area (Å²) in [5.41, 5.74) is 0. The number of ketones is 1. The van der Waals surface area contributed by atoms with Gasteiger partial charge in [-0.3, -0.25) is 4.79 Å². The fourth-order valence-corrected chi connectivity index (χ4v) is 3.21. The van der Waals surface area contributed by atoms with Crippen LogP contribution in [0.2, 0.25) is 0 Å². The van der Waals surface area contributed by atoms with Crippen LogP contribution in [0.4, 0.5) is 5.13 Å². The van der Waals surface area contributed by atoms with Gasteiger partial charge in [0.1, 0.15) is 5.78 Å². The van der Waals surface area contributed by atoms with Crippen LogP contribution in [-0.4, -0.2) is 35.3 Å². The van der Waals surface area contributed by atoms with Crippen molar-refractivity contribution in [1.82, 2.24) is 10.2 Å². The monoisotopic (exact) mass is 245 g/mol. The maximum atomic E-state index is 10.9. The Balaban J connectivity index is 2.53. The minimum absolute atomic E-state index is 0.215. The average Bonchev–Trinajstić information content (AvgIpc) is 2.50. The standard InChI is InChI=1S/C9H15N3OS2/c1-6(13)5-7(2)14-9-11-10-8(15-9)12(3)4/h7H,5H2,1-4H3. The van der Waals surface area contributed by atoms with E-state index in [2.05, 4.69) is 10.2 Å². The second-order valence-corrected chi connectivity index (χ2v) is 6.22. The van der Waals surface area contributed by atoms with Crippen LogP contribution in [0.15, 0.2) is 4.34 Å². The third-order valence-electron chi connectivity index (χ3n) is 1.66. The summed E-state index contributed by atoms with van der Waals surface area (Å²) in [6.45, 7) is 3.64. The summed E-state index contributed by atoms with van der Waals surface area (Å²) in [6, 6.07) is 0. The van der Waals surface area contributed by atoms with E-state index in [0.29, 0.717) is 6.42 Å². The van der Waals surface area contributed by atoms with Gasteiger partial charge in [-0.15, -0.1) is 10.2 Å². The first-order valence-corrected chi connectivity index (χ1v) is 6.35. The van der Waals surface area contributed by atoms with Gasteiger partial charge in [0.15, 0.2) is 4.34 Å².